The van der Waals surface area contributed by atoms with Crippen molar-refractivity contribution in [1.29, 1.82) is 5.26 Å². The molecule has 1 aliphatic heterocycles. The zero-order valence-corrected chi connectivity index (χ0v) is 12.3. The summed E-state index contributed by atoms with van der Waals surface area (Å²) < 4.78 is 5.79. The highest BCUT2D eigenvalue weighted by atomic mass is 35.5. The van der Waals surface area contributed by atoms with E-state index in [1.54, 1.807) is 6.07 Å². The molecule has 0 atom stereocenters. The number of ether oxygens (including phenoxy) is 1. The molecule has 2 rings (SSSR count). The van der Waals surface area contributed by atoms with Crippen LogP contribution in [0, 0.1) is 11.3 Å². The number of rotatable bonds is 5. The van der Waals surface area contributed by atoms with Gasteiger partial charge in [0.15, 0.2) is 0 Å². The molecular weight excluding hydrogens is 274 g/mol. The van der Waals surface area contributed by atoms with Crippen LogP contribution in [0.3, 0.4) is 0 Å². The average Bonchev–Trinajstić information content (AvgIpc) is 2.48. The second-order valence-electron chi connectivity index (χ2n) is 4.98. The van der Waals surface area contributed by atoms with E-state index < -0.39 is 0 Å². The van der Waals surface area contributed by atoms with Gasteiger partial charge in [-0.15, -0.1) is 0 Å². The van der Waals surface area contributed by atoms with Gasteiger partial charge in [-0.2, -0.15) is 5.26 Å². The maximum atomic E-state index is 8.88. The Morgan fingerprint density at radius 1 is 1.40 bits per heavy atom. The average molecular weight is 294 g/mol. The minimum Gasteiger partial charge on any atom is -0.378 e. The van der Waals surface area contributed by atoms with E-state index in [0.717, 1.165) is 44.6 Å². The molecule has 1 saturated heterocycles. The summed E-state index contributed by atoms with van der Waals surface area (Å²) in [5.74, 6) is 0. The van der Waals surface area contributed by atoms with E-state index in [0.29, 0.717) is 23.2 Å². The van der Waals surface area contributed by atoms with Crippen molar-refractivity contribution in [2.24, 2.45) is 5.73 Å². The number of hydrogen-bond acceptors (Lipinski definition) is 4. The molecule has 0 spiro atoms. The zero-order chi connectivity index (χ0) is 14.4. The molecule has 0 saturated carbocycles. The van der Waals surface area contributed by atoms with Crippen LogP contribution in [0.4, 0.5) is 5.69 Å². The minimum atomic E-state index is 0.339. The summed E-state index contributed by atoms with van der Waals surface area (Å²) >= 11 is 6.08. The molecule has 0 bridgehead atoms. The Balaban J connectivity index is 1.87. The summed E-state index contributed by atoms with van der Waals surface area (Å²) in [6.45, 7) is 3.34. The monoisotopic (exact) mass is 293 g/mol. The third-order valence-corrected chi connectivity index (χ3v) is 3.89. The smallest absolute Gasteiger partial charge is 0.101 e. The Bertz CT molecular complexity index is 478. The third-order valence-electron chi connectivity index (χ3n) is 3.58. The molecule has 0 amide bonds. The van der Waals surface area contributed by atoms with Crippen LogP contribution < -0.4 is 10.6 Å². The molecule has 5 heteroatoms. The number of nitrogens with zero attached hydrogens (tertiary/aromatic N) is 2. The van der Waals surface area contributed by atoms with E-state index in [-0.39, 0.29) is 0 Å². The standard InChI is InChI=1S/C15H20ClN3O/c16-15-10-13(3-2-12(15)11-18)19-7-4-14(5-8-19)20-9-1-6-17/h2-3,10,14H,1,4-9,17H2. The second-order valence-corrected chi connectivity index (χ2v) is 5.38. The van der Waals surface area contributed by atoms with E-state index in [1.807, 2.05) is 12.1 Å². The number of hydrogen-bond donors (Lipinski definition) is 1. The normalized spacial score (nSPS) is 16.1. The minimum absolute atomic E-state index is 0.339. The summed E-state index contributed by atoms with van der Waals surface area (Å²) in [5.41, 5.74) is 7.06. The first-order valence-electron chi connectivity index (χ1n) is 7.01. The van der Waals surface area contributed by atoms with Gasteiger partial charge in [-0.25, -0.2) is 0 Å². The van der Waals surface area contributed by atoms with Gasteiger partial charge in [0.1, 0.15) is 6.07 Å². The lowest BCUT2D eigenvalue weighted by atomic mass is 10.1. The van der Waals surface area contributed by atoms with Crippen LogP contribution in [-0.2, 0) is 4.74 Å². The first kappa shape index (κ1) is 15.1. The maximum absolute atomic E-state index is 8.88. The van der Waals surface area contributed by atoms with Crippen LogP contribution in [0.25, 0.3) is 0 Å². The summed E-state index contributed by atoms with van der Waals surface area (Å²) in [4.78, 5) is 2.29. The molecule has 1 aromatic carbocycles. The predicted octanol–water partition coefficient (Wildman–Crippen LogP) is 2.55. The number of nitrogens with two attached hydrogens (primary N) is 1. The molecule has 108 valence electrons. The predicted molar refractivity (Wildman–Crippen MR) is 81.0 cm³/mol. The number of piperidine rings is 1. The van der Waals surface area contributed by atoms with Gasteiger partial charge >= 0.3 is 0 Å². The quantitative estimate of drug-likeness (QED) is 0.848. The molecular formula is C15H20ClN3O. The first-order valence-corrected chi connectivity index (χ1v) is 7.38. The van der Waals surface area contributed by atoms with Crippen LogP contribution in [-0.4, -0.2) is 32.3 Å². The van der Waals surface area contributed by atoms with Crippen molar-refractivity contribution in [3.63, 3.8) is 0 Å². The highest BCUT2D eigenvalue weighted by Gasteiger charge is 2.20. The third kappa shape index (κ3) is 3.86. The van der Waals surface area contributed by atoms with Crippen molar-refractivity contribution in [1.82, 2.24) is 0 Å². The molecule has 1 fully saturated rings. The van der Waals surface area contributed by atoms with Crippen LogP contribution in [0.1, 0.15) is 24.8 Å². The summed E-state index contributed by atoms with van der Waals surface area (Å²) in [5, 5.41) is 9.40. The van der Waals surface area contributed by atoms with E-state index in [4.69, 9.17) is 27.3 Å². The zero-order valence-electron chi connectivity index (χ0n) is 11.5. The first-order chi connectivity index (χ1) is 9.74. The molecule has 20 heavy (non-hydrogen) atoms. The molecule has 0 aliphatic carbocycles. The van der Waals surface area contributed by atoms with Crippen molar-refractivity contribution < 1.29 is 4.74 Å². The van der Waals surface area contributed by atoms with Crippen molar-refractivity contribution in [3.8, 4) is 6.07 Å². The molecule has 1 heterocycles. The fourth-order valence-electron chi connectivity index (χ4n) is 2.41. The Morgan fingerprint density at radius 3 is 2.75 bits per heavy atom. The molecule has 1 aromatic rings. The Kier molecular flexibility index (Phi) is 5.66. The maximum Gasteiger partial charge on any atom is 0.101 e. The van der Waals surface area contributed by atoms with Gasteiger partial charge in [-0.05, 0) is 44.0 Å². The van der Waals surface area contributed by atoms with Gasteiger partial charge < -0.3 is 15.4 Å². The highest BCUT2D eigenvalue weighted by Crippen LogP contribution is 2.26. The lowest BCUT2D eigenvalue weighted by Crippen LogP contribution is -2.37. The van der Waals surface area contributed by atoms with Gasteiger partial charge in [0.2, 0.25) is 0 Å². The molecule has 0 unspecified atom stereocenters. The number of halogens is 1. The SMILES string of the molecule is N#Cc1ccc(N2CCC(OCCCN)CC2)cc1Cl. The van der Waals surface area contributed by atoms with Crippen LogP contribution >= 0.6 is 11.6 Å². The molecule has 0 aromatic heterocycles. The Morgan fingerprint density at radius 2 is 2.15 bits per heavy atom. The number of nitriles is 1. The topological polar surface area (TPSA) is 62.3 Å². The highest BCUT2D eigenvalue weighted by molar-refractivity contribution is 6.32. The van der Waals surface area contributed by atoms with Gasteiger partial charge in [0.05, 0.1) is 16.7 Å². The van der Waals surface area contributed by atoms with Gasteiger partial charge in [0, 0.05) is 25.4 Å². The van der Waals surface area contributed by atoms with Crippen LogP contribution in [0.15, 0.2) is 18.2 Å². The van der Waals surface area contributed by atoms with E-state index in [9.17, 15) is 0 Å². The Hall–Kier alpha value is -1.28. The van der Waals surface area contributed by atoms with E-state index in [2.05, 4.69) is 11.0 Å². The van der Waals surface area contributed by atoms with Gasteiger partial charge in [-0.3, -0.25) is 0 Å². The second kappa shape index (κ2) is 7.49. The van der Waals surface area contributed by atoms with Crippen LogP contribution in [0.5, 0.6) is 0 Å². The van der Waals surface area contributed by atoms with Gasteiger partial charge in [-0.1, -0.05) is 11.6 Å². The summed E-state index contributed by atoms with van der Waals surface area (Å²) in [6.07, 6.45) is 3.29. The lowest BCUT2D eigenvalue weighted by Gasteiger charge is -2.33. The fourth-order valence-corrected chi connectivity index (χ4v) is 2.62. The number of anilines is 1. The molecule has 0 radical (unpaired) electrons. The van der Waals surface area contributed by atoms with E-state index in [1.165, 1.54) is 0 Å². The van der Waals surface area contributed by atoms with Crippen molar-refractivity contribution in [3.05, 3.63) is 28.8 Å². The van der Waals surface area contributed by atoms with Crippen LogP contribution in [0.2, 0.25) is 5.02 Å². The van der Waals surface area contributed by atoms with Gasteiger partial charge in [0.25, 0.3) is 0 Å². The largest absolute Gasteiger partial charge is 0.378 e. The van der Waals surface area contributed by atoms with Crippen molar-refractivity contribution in [2.45, 2.75) is 25.4 Å². The summed E-state index contributed by atoms with van der Waals surface area (Å²) in [7, 11) is 0. The van der Waals surface area contributed by atoms with E-state index >= 15 is 0 Å². The number of benzene rings is 1. The fraction of sp³-hybridized carbons (Fsp3) is 0.533. The van der Waals surface area contributed by atoms with Crippen molar-refractivity contribution in [2.75, 3.05) is 31.1 Å². The molecule has 2 N–H and O–H groups in total. The molecule has 4 nitrogen and oxygen atoms in total. The Labute approximate surface area is 125 Å². The summed E-state index contributed by atoms with van der Waals surface area (Å²) in [6, 6.07) is 7.69. The lowest BCUT2D eigenvalue weighted by molar-refractivity contribution is 0.0366. The molecule has 1 aliphatic rings. The van der Waals surface area contributed by atoms with Crippen molar-refractivity contribution >= 4 is 17.3 Å².